The van der Waals surface area contributed by atoms with E-state index in [1.54, 1.807) is 0 Å². The van der Waals surface area contributed by atoms with Crippen LogP contribution in [0, 0.1) is 18.1 Å². The zero-order valence-electron chi connectivity index (χ0n) is 3.51. The van der Waals surface area contributed by atoms with Gasteiger partial charge < -0.3 is 10.1 Å². The van der Waals surface area contributed by atoms with E-state index in [-0.39, 0.29) is 0 Å². The van der Waals surface area contributed by atoms with Crippen molar-refractivity contribution in [3.63, 3.8) is 0 Å². The van der Waals surface area contributed by atoms with E-state index in [1.807, 2.05) is 6.07 Å². The fourth-order valence-electron chi connectivity index (χ4n) is 0.300. The van der Waals surface area contributed by atoms with E-state index in [2.05, 4.69) is 10.1 Å². The Morgan fingerprint density at radius 3 is 3.00 bits per heavy atom. The number of nitriles is 1. The van der Waals surface area contributed by atoms with Gasteiger partial charge in [0, 0.05) is 0 Å². The Hall–Kier alpha value is -1.17. The third-order valence-electron chi connectivity index (χ3n) is 0.579. The first-order valence-electron chi connectivity index (χ1n) is 1.78. The number of nitrogens with zero attached hydrogens (tertiary/aromatic N) is 1. The van der Waals surface area contributed by atoms with Crippen LogP contribution >= 0.6 is 0 Å². The van der Waals surface area contributed by atoms with Crippen LogP contribution in [0.2, 0.25) is 0 Å². The highest BCUT2D eigenvalue weighted by Gasteiger charge is 2.00. The van der Waals surface area contributed by atoms with Crippen molar-refractivity contribution in [1.29, 1.82) is 5.26 Å². The van der Waals surface area contributed by atoms with Crippen LogP contribution in [-0.2, 0) is 4.74 Å². The Labute approximate surface area is 41.2 Å². The van der Waals surface area contributed by atoms with E-state index in [0.29, 0.717) is 5.76 Å². The Morgan fingerprint density at radius 2 is 2.71 bits per heavy atom. The van der Waals surface area contributed by atoms with Gasteiger partial charge in [-0.3, -0.25) is 0 Å². The van der Waals surface area contributed by atoms with Gasteiger partial charge in [0.25, 0.3) is 0 Å². The Morgan fingerprint density at radius 1 is 1.86 bits per heavy atom. The number of rotatable bonds is 0. The van der Waals surface area contributed by atoms with Crippen molar-refractivity contribution in [2.75, 3.05) is 0 Å². The summed E-state index contributed by atoms with van der Waals surface area (Å²) >= 11 is 0. The maximum atomic E-state index is 8.06. The zero-order chi connectivity index (χ0) is 5.11. The molecule has 3 heteroatoms. The van der Waals surface area contributed by atoms with Crippen molar-refractivity contribution in [3.05, 3.63) is 18.7 Å². The van der Waals surface area contributed by atoms with Gasteiger partial charge in [-0.1, -0.05) is 0 Å². The summed E-state index contributed by atoms with van der Waals surface area (Å²) in [5.74, 6) is 0.306. The summed E-state index contributed by atoms with van der Waals surface area (Å²) in [6.07, 6.45) is 1.49. The van der Waals surface area contributed by atoms with Crippen LogP contribution in [0.1, 0.15) is 0 Å². The molecular weight excluding hydrogens is 92.1 g/mol. The van der Waals surface area contributed by atoms with Crippen LogP contribution in [0.25, 0.3) is 0 Å². The summed E-state index contributed by atoms with van der Waals surface area (Å²) in [5, 5.41) is 10.7. The summed E-state index contributed by atoms with van der Waals surface area (Å²) in [4.78, 5) is 0. The predicted molar refractivity (Wildman–Crippen MR) is 22.2 cm³/mol. The molecule has 0 unspecified atom stereocenters. The molecule has 0 fully saturated rings. The molecule has 3 nitrogen and oxygen atoms in total. The number of hydrogen-bond acceptors (Lipinski definition) is 3. The van der Waals surface area contributed by atoms with Crippen LogP contribution in [-0.4, -0.2) is 0 Å². The van der Waals surface area contributed by atoms with Gasteiger partial charge in [-0.25, -0.2) is 0 Å². The molecule has 0 amide bonds. The summed E-state index contributed by atoms with van der Waals surface area (Å²) in [5.41, 5.74) is 0. The van der Waals surface area contributed by atoms with E-state index in [1.165, 1.54) is 12.9 Å². The molecule has 1 rings (SSSR count). The zero-order valence-corrected chi connectivity index (χ0v) is 3.51. The first-order valence-corrected chi connectivity index (χ1v) is 1.78. The number of hydrogen-bond donors (Lipinski definition) is 1. The standard InChI is InChI=1S/C4H3N2O/c5-1-4-2-6-3-7-4/h2-3,6H. The fourth-order valence-corrected chi connectivity index (χ4v) is 0.300. The molecule has 1 aliphatic rings. The van der Waals surface area contributed by atoms with Gasteiger partial charge in [0.15, 0.2) is 0 Å². The Bertz CT molecular complexity index is 133. The van der Waals surface area contributed by atoms with Crippen molar-refractivity contribution in [2.45, 2.75) is 0 Å². The van der Waals surface area contributed by atoms with Gasteiger partial charge in [0.2, 0.25) is 12.5 Å². The molecule has 0 aromatic rings. The number of nitrogens with one attached hydrogen (secondary N) is 1. The predicted octanol–water partition coefficient (Wildman–Crippen LogP) is 0.0905. The Balaban J connectivity index is 2.57. The van der Waals surface area contributed by atoms with Gasteiger partial charge in [-0.15, -0.1) is 0 Å². The molecule has 0 aromatic heterocycles. The van der Waals surface area contributed by atoms with Crippen LogP contribution in [0.3, 0.4) is 0 Å². The maximum Gasteiger partial charge on any atom is 0.227 e. The average molecular weight is 95.1 g/mol. The lowest BCUT2D eigenvalue weighted by Gasteiger charge is -1.84. The largest absolute Gasteiger partial charge is 0.453 e. The van der Waals surface area contributed by atoms with E-state index in [0.717, 1.165) is 0 Å². The van der Waals surface area contributed by atoms with Crippen molar-refractivity contribution >= 4 is 0 Å². The molecule has 1 heterocycles. The van der Waals surface area contributed by atoms with Gasteiger partial charge in [-0.05, 0) is 0 Å². The van der Waals surface area contributed by atoms with Gasteiger partial charge in [0.1, 0.15) is 6.07 Å². The Kier molecular flexibility index (Phi) is 0.868. The third-order valence-corrected chi connectivity index (χ3v) is 0.579. The topological polar surface area (TPSA) is 45.0 Å². The minimum atomic E-state index is 0.306. The average Bonchev–Trinajstić information content (AvgIpc) is 2.14. The second-order valence-corrected chi connectivity index (χ2v) is 1.02. The van der Waals surface area contributed by atoms with Gasteiger partial charge >= 0.3 is 0 Å². The molecule has 0 aliphatic carbocycles. The van der Waals surface area contributed by atoms with Crippen LogP contribution in [0.15, 0.2) is 12.0 Å². The minimum absolute atomic E-state index is 0.306. The SMILES string of the molecule is N#CC1=CN[CH]O1. The molecule has 1 radical (unpaired) electrons. The maximum absolute atomic E-state index is 8.06. The molecule has 7 heavy (non-hydrogen) atoms. The van der Waals surface area contributed by atoms with Gasteiger partial charge in [-0.2, -0.15) is 5.26 Å². The van der Waals surface area contributed by atoms with Crippen LogP contribution in [0.5, 0.6) is 0 Å². The van der Waals surface area contributed by atoms with E-state index >= 15 is 0 Å². The molecule has 1 N–H and O–H groups in total. The summed E-state index contributed by atoms with van der Waals surface area (Å²) < 4.78 is 4.57. The van der Waals surface area contributed by atoms with E-state index in [4.69, 9.17) is 5.26 Å². The highest BCUT2D eigenvalue weighted by atomic mass is 16.5. The van der Waals surface area contributed by atoms with Crippen LogP contribution < -0.4 is 5.32 Å². The van der Waals surface area contributed by atoms with Crippen molar-refractivity contribution < 1.29 is 4.74 Å². The molecule has 0 bridgehead atoms. The normalized spacial score (nSPS) is 16.1. The first kappa shape index (κ1) is 4.00. The highest BCUT2D eigenvalue weighted by molar-refractivity contribution is 5.15. The highest BCUT2D eigenvalue weighted by Crippen LogP contribution is 1.99. The van der Waals surface area contributed by atoms with Crippen molar-refractivity contribution in [2.24, 2.45) is 0 Å². The summed E-state index contributed by atoms with van der Waals surface area (Å²) in [6, 6.07) is 1.81. The molecule has 1 aliphatic heterocycles. The summed E-state index contributed by atoms with van der Waals surface area (Å²) in [6.45, 7) is 1.35. The third kappa shape index (κ3) is 0.631. The molecular formula is C4H3N2O. The smallest absolute Gasteiger partial charge is 0.227 e. The quantitative estimate of drug-likeness (QED) is 0.463. The van der Waals surface area contributed by atoms with E-state index < -0.39 is 0 Å². The van der Waals surface area contributed by atoms with E-state index in [9.17, 15) is 0 Å². The number of allylic oxidation sites excluding steroid dienone is 1. The molecule has 0 aromatic carbocycles. The fraction of sp³-hybridized carbons (Fsp3) is 0. The van der Waals surface area contributed by atoms with Crippen molar-refractivity contribution in [1.82, 2.24) is 5.32 Å². The second-order valence-electron chi connectivity index (χ2n) is 1.02. The molecule has 0 spiro atoms. The monoisotopic (exact) mass is 95.0 g/mol. The second kappa shape index (κ2) is 1.52. The molecule has 0 atom stereocenters. The summed E-state index contributed by atoms with van der Waals surface area (Å²) in [7, 11) is 0. The molecule has 0 saturated heterocycles. The molecule has 0 saturated carbocycles. The lowest BCUT2D eigenvalue weighted by Crippen LogP contribution is -1.90. The van der Waals surface area contributed by atoms with Crippen molar-refractivity contribution in [3.8, 4) is 6.07 Å². The lowest BCUT2D eigenvalue weighted by molar-refractivity contribution is 0.320. The first-order chi connectivity index (χ1) is 3.43. The van der Waals surface area contributed by atoms with Crippen LogP contribution in [0.4, 0.5) is 0 Å². The lowest BCUT2D eigenvalue weighted by atomic mass is 10.6. The molecule has 35 valence electrons. The minimum Gasteiger partial charge on any atom is -0.453 e. The van der Waals surface area contributed by atoms with Gasteiger partial charge in [0.05, 0.1) is 6.20 Å². The number of ether oxygens (including phenoxy) is 1.